The molecule has 1 atom stereocenters. The number of benzene rings is 1. The van der Waals surface area contributed by atoms with E-state index in [9.17, 15) is 4.79 Å². The predicted octanol–water partition coefficient (Wildman–Crippen LogP) is 4.10. The maximum atomic E-state index is 12.3. The number of carbonyl (C=O) groups excluding carboxylic acids is 1. The number of hydrogen-bond acceptors (Lipinski definition) is 2. The van der Waals surface area contributed by atoms with E-state index in [0.29, 0.717) is 12.3 Å². The number of ketones is 1. The summed E-state index contributed by atoms with van der Waals surface area (Å²) in [6.07, 6.45) is 7.96. The Hall–Kier alpha value is -1.15. The van der Waals surface area contributed by atoms with Crippen LogP contribution in [0.5, 0.6) is 0 Å². The van der Waals surface area contributed by atoms with Crippen molar-refractivity contribution in [2.24, 2.45) is 0 Å². The molecule has 1 saturated carbocycles. The summed E-state index contributed by atoms with van der Waals surface area (Å²) in [5.74, 6) is 0.937. The molecule has 0 radical (unpaired) electrons. The van der Waals surface area contributed by atoms with Crippen LogP contribution in [0, 0.1) is 0 Å². The molecule has 1 aliphatic carbocycles. The molecule has 1 aromatic rings. The molecule has 0 aromatic heterocycles. The van der Waals surface area contributed by atoms with Crippen molar-refractivity contribution >= 4 is 5.78 Å². The first-order valence-corrected chi connectivity index (χ1v) is 7.58. The lowest BCUT2D eigenvalue weighted by atomic mass is 9.79. The Morgan fingerprint density at radius 2 is 2.05 bits per heavy atom. The van der Waals surface area contributed by atoms with Crippen LogP contribution in [-0.4, -0.2) is 18.5 Å². The van der Waals surface area contributed by atoms with Crippen LogP contribution in [0.25, 0.3) is 0 Å². The van der Waals surface area contributed by atoms with E-state index in [1.807, 2.05) is 12.1 Å². The predicted molar refractivity (Wildman–Crippen MR) is 75.6 cm³/mol. The van der Waals surface area contributed by atoms with Crippen molar-refractivity contribution < 1.29 is 9.53 Å². The van der Waals surface area contributed by atoms with E-state index in [2.05, 4.69) is 12.1 Å². The molecule has 0 amide bonds. The van der Waals surface area contributed by atoms with E-state index in [1.165, 1.54) is 31.2 Å². The third-order valence-corrected chi connectivity index (χ3v) is 4.47. The van der Waals surface area contributed by atoms with Gasteiger partial charge in [0, 0.05) is 18.6 Å². The van der Waals surface area contributed by atoms with Crippen molar-refractivity contribution in [1.29, 1.82) is 0 Å². The lowest BCUT2D eigenvalue weighted by Crippen LogP contribution is -2.22. The van der Waals surface area contributed by atoms with Gasteiger partial charge < -0.3 is 4.74 Å². The minimum absolute atomic E-state index is 0.147. The van der Waals surface area contributed by atoms with E-state index in [-0.39, 0.29) is 11.9 Å². The number of Topliss-reactive ketones (excluding diaryl/α,β-unsaturated/α-hetero) is 1. The zero-order chi connectivity index (χ0) is 13.1. The van der Waals surface area contributed by atoms with Crippen LogP contribution in [0.2, 0.25) is 0 Å². The maximum absolute atomic E-state index is 12.3. The minimum atomic E-state index is 0.147. The normalized spacial score (nSPS) is 23.9. The summed E-state index contributed by atoms with van der Waals surface area (Å²) in [6, 6.07) is 8.25. The van der Waals surface area contributed by atoms with Crippen LogP contribution < -0.4 is 0 Å². The first-order chi connectivity index (χ1) is 9.33. The quantitative estimate of drug-likeness (QED) is 0.760. The monoisotopic (exact) mass is 258 g/mol. The Morgan fingerprint density at radius 1 is 1.16 bits per heavy atom. The Kier molecular flexibility index (Phi) is 3.97. The van der Waals surface area contributed by atoms with Crippen molar-refractivity contribution in [3.8, 4) is 0 Å². The van der Waals surface area contributed by atoms with E-state index >= 15 is 0 Å². The molecule has 2 nitrogen and oxygen atoms in total. The van der Waals surface area contributed by atoms with E-state index < -0.39 is 0 Å². The Bertz CT molecular complexity index is 442. The molecule has 3 rings (SSSR count). The van der Waals surface area contributed by atoms with Crippen molar-refractivity contribution in [2.45, 2.75) is 57.0 Å². The second kappa shape index (κ2) is 5.87. The first kappa shape index (κ1) is 12.9. The first-order valence-electron chi connectivity index (χ1n) is 7.58. The van der Waals surface area contributed by atoms with E-state index in [4.69, 9.17) is 4.74 Å². The fourth-order valence-corrected chi connectivity index (χ4v) is 3.00. The molecule has 0 N–H and O–H groups in total. The Labute approximate surface area is 115 Å². The molecule has 2 fully saturated rings. The van der Waals surface area contributed by atoms with Gasteiger partial charge >= 0.3 is 0 Å². The van der Waals surface area contributed by atoms with Gasteiger partial charge in [0.2, 0.25) is 0 Å². The van der Waals surface area contributed by atoms with Gasteiger partial charge in [-0.25, -0.2) is 0 Å². The third kappa shape index (κ3) is 3.06. The lowest BCUT2D eigenvalue weighted by molar-refractivity contribution is 0.0129. The third-order valence-electron chi connectivity index (χ3n) is 4.47. The maximum Gasteiger partial charge on any atom is 0.165 e. The highest BCUT2D eigenvalue weighted by atomic mass is 16.5. The minimum Gasteiger partial charge on any atom is -0.378 e. The molecule has 1 unspecified atom stereocenters. The zero-order valence-electron chi connectivity index (χ0n) is 11.4. The van der Waals surface area contributed by atoms with Gasteiger partial charge in [0.1, 0.15) is 0 Å². The number of hydrogen-bond donors (Lipinski definition) is 0. The van der Waals surface area contributed by atoms with Crippen molar-refractivity contribution in [2.75, 3.05) is 6.61 Å². The molecule has 1 saturated heterocycles. The van der Waals surface area contributed by atoms with Gasteiger partial charge in [0.05, 0.1) is 6.10 Å². The van der Waals surface area contributed by atoms with Crippen LogP contribution in [0.1, 0.15) is 66.8 Å². The number of rotatable bonds is 4. The van der Waals surface area contributed by atoms with Gasteiger partial charge in [-0.1, -0.05) is 24.6 Å². The Balaban J connectivity index is 1.65. The highest BCUT2D eigenvalue weighted by Crippen LogP contribution is 2.36. The standard InChI is InChI=1S/C17H22O2/c18-17(12-16-9-1-2-10-19-16)15-8-4-7-14(11-15)13-5-3-6-13/h4,7-8,11,13,16H,1-3,5-6,9-10,12H2. The molecular weight excluding hydrogens is 236 g/mol. The summed E-state index contributed by atoms with van der Waals surface area (Å²) >= 11 is 0. The van der Waals surface area contributed by atoms with Gasteiger partial charge in [-0.15, -0.1) is 0 Å². The van der Waals surface area contributed by atoms with Gasteiger partial charge in [0.15, 0.2) is 5.78 Å². The van der Waals surface area contributed by atoms with Crippen molar-refractivity contribution in [1.82, 2.24) is 0 Å². The number of ether oxygens (including phenoxy) is 1. The van der Waals surface area contributed by atoms with Gasteiger partial charge in [-0.3, -0.25) is 4.79 Å². The average molecular weight is 258 g/mol. The van der Waals surface area contributed by atoms with E-state index in [0.717, 1.165) is 25.0 Å². The molecule has 1 aliphatic heterocycles. The van der Waals surface area contributed by atoms with Crippen LogP contribution >= 0.6 is 0 Å². The van der Waals surface area contributed by atoms with Crippen LogP contribution in [0.3, 0.4) is 0 Å². The van der Waals surface area contributed by atoms with E-state index in [1.54, 1.807) is 0 Å². The summed E-state index contributed by atoms with van der Waals surface area (Å²) in [5, 5.41) is 0. The topological polar surface area (TPSA) is 26.3 Å². The molecule has 2 aliphatic rings. The summed E-state index contributed by atoms with van der Waals surface area (Å²) in [6.45, 7) is 0.820. The second-order valence-electron chi connectivity index (χ2n) is 5.87. The number of carbonyl (C=O) groups is 1. The smallest absolute Gasteiger partial charge is 0.165 e. The van der Waals surface area contributed by atoms with Gasteiger partial charge in [0.25, 0.3) is 0 Å². The summed E-state index contributed by atoms with van der Waals surface area (Å²) in [4.78, 5) is 12.3. The SMILES string of the molecule is O=C(CC1CCCCO1)c1cccc(C2CCC2)c1. The molecule has 0 bridgehead atoms. The average Bonchev–Trinajstić information content (AvgIpc) is 2.38. The summed E-state index contributed by atoms with van der Waals surface area (Å²) in [7, 11) is 0. The highest BCUT2D eigenvalue weighted by molar-refractivity contribution is 5.96. The second-order valence-corrected chi connectivity index (χ2v) is 5.87. The zero-order valence-corrected chi connectivity index (χ0v) is 11.4. The molecule has 1 heterocycles. The molecule has 19 heavy (non-hydrogen) atoms. The molecule has 102 valence electrons. The molecule has 0 spiro atoms. The largest absolute Gasteiger partial charge is 0.378 e. The molecular formula is C17H22O2. The van der Waals surface area contributed by atoms with Crippen LogP contribution in [0.15, 0.2) is 24.3 Å². The highest BCUT2D eigenvalue weighted by Gasteiger charge is 2.22. The fourth-order valence-electron chi connectivity index (χ4n) is 3.00. The fraction of sp³-hybridized carbons (Fsp3) is 0.588. The summed E-state index contributed by atoms with van der Waals surface area (Å²) < 4.78 is 5.66. The van der Waals surface area contributed by atoms with Crippen molar-refractivity contribution in [3.05, 3.63) is 35.4 Å². The summed E-state index contributed by atoms with van der Waals surface area (Å²) in [5.41, 5.74) is 2.22. The van der Waals surface area contributed by atoms with Gasteiger partial charge in [-0.2, -0.15) is 0 Å². The lowest BCUT2D eigenvalue weighted by Gasteiger charge is -2.26. The van der Waals surface area contributed by atoms with Gasteiger partial charge in [-0.05, 0) is 49.7 Å². The van der Waals surface area contributed by atoms with Crippen LogP contribution in [-0.2, 0) is 4.74 Å². The van der Waals surface area contributed by atoms with Crippen molar-refractivity contribution in [3.63, 3.8) is 0 Å². The Morgan fingerprint density at radius 3 is 2.74 bits per heavy atom. The molecule has 1 aromatic carbocycles. The van der Waals surface area contributed by atoms with Crippen LogP contribution in [0.4, 0.5) is 0 Å². The molecule has 2 heteroatoms.